The van der Waals surface area contributed by atoms with Crippen LogP contribution in [0.5, 0.6) is 11.5 Å². The molecule has 6 nitrogen and oxygen atoms in total. The van der Waals surface area contributed by atoms with Crippen molar-refractivity contribution in [2.45, 2.75) is 31.4 Å². The van der Waals surface area contributed by atoms with E-state index < -0.39 is 5.60 Å². The summed E-state index contributed by atoms with van der Waals surface area (Å²) < 4.78 is 17.7. The number of carbonyl (C=O) groups is 1. The molecule has 0 saturated carbocycles. The predicted octanol–water partition coefficient (Wildman–Crippen LogP) is 2.17. The first-order valence-electron chi connectivity index (χ1n) is 8.21. The van der Waals surface area contributed by atoms with Gasteiger partial charge in [-0.25, -0.2) is 0 Å². The number of amides is 1. The third-order valence-electron chi connectivity index (χ3n) is 4.69. The molecule has 3 rings (SSSR count). The van der Waals surface area contributed by atoms with E-state index in [1.165, 1.54) is 0 Å². The van der Waals surface area contributed by atoms with Gasteiger partial charge in [0.15, 0.2) is 11.5 Å². The number of fused-ring (bicyclic) bond motifs is 1. The molecule has 2 N–H and O–H groups in total. The molecule has 0 aliphatic carbocycles. The van der Waals surface area contributed by atoms with E-state index in [4.69, 9.17) is 14.2 Å². The van der Waals surface area contributed by atoms with E-state index in [-0.39, 0.29) is 11.9 Å². The Bertz CT molecular complexity index is 617. The second-order valence-corrected chi connectivity index (χ2v) is 7.02. The monoisotopic (exact) mass is 398 g/mol. The molecule has 24 heavy (non-hydrogen) atoms. The van der Waals surface area contributed by atoms with Crippen LogP contribution in [0.15, 0.2) is 16.6 Å². The average molecular weight is 399 g/mol. The second-order valence-electron chi connectivity index (χ2n) is 6.16. The fourth-order valence-electron chi connectivity index (χ4n) is 3.17. The highest BCUT2D eigenvalue weighted by Crippen LogP contribution is 2.38. The van der Waals surface area contributed by atoms with Crippen molar-refractivity contribution in [3.8, 4) is 11.5 Å². The molecule has 2 heterocycles. The maximum absolute atomic E-state index is 12.8. The van der Waals surface area contributed by atoms with Crippen LogP contribution in [0, 0.1) is 0 Å². The fraction of sp³-hybridized carbons (Fsp3) is 0.588. The van der Waals surface area contributed by atoms with Crippen molar-refractivity contribution in [2.24, 2.45) is 0 Å². The molecule has 0 spiro atoms. The lowest BCUT2D eigenvalue weighted by atomic mass is 9.90. The first kappa shape index (κ1) is 17.5. The molecule has 1 unspecified atom stereocenters. The summed E-state index contributed by atoms with van der Waals surface area (Å²) in [4.78, 5) is 12.8. The van der Waals surface area contributed by atoms with Crippen LogP contribution in [-0.4, -0.2) is 44.9 Å². The van der Waals surface area contributed by atoms with Crippen molar-refractivity contribution in [3.63, 3.8) is 0 Å². The SMILES string of the molecule is COC1(C(=O)NC(C)c2cc3c(cc2Br)OCCO3)CCNCC1. The highest BCUT2D eigenvalue weighted by atomic mass is 79.9. The van der Waals surface area contributed by atoms with Gasteiger partial charge in [-0.05, 0) is 50.6 Å². The Morgan fingerprint density at radius 3 is 2.54 bits per heavy atom. The molecule has 1 aromatic carbocycles. The minimum atomic E-state index is -0.750. The number of halogens is 1. The van der Waals surface area contributed by atoms with Gasteiger partial charge < -0.3 is 24.8 Å². The Morgan fingerprint density at radius 2 is 1.92 bits per heavy atom. The minimum Gasteiger partial charge on any atom is -0.486 e. The summed E-state index contributed by atoms with van der Waals surface area (Å²) >= 11 is 3.56. The highest BCUT2D eigenvalue weighted by molar-refractivity contribution is 9.10. The zero-order valence-electron chi connectivity index (χ0n) is 14.0. The topological polar surface area (TPSA) is 68.8 Å². The maximum atomic E-state index is 12.8. The number of piperidine rings is 1. The smallest absolute Gasteiger partial charge is 0.252 e. The summed E-state index contributed by atoms with van der Waals surface area (Å²) in [5, 5.41) is 6.35. The van der Waals surface area contributed by atoms with Crippen molar-refractivity contribution in [1.29, 1.82) is 0 Å². The van der Waals surface area contributed by atoms with Crippen molar-refractivity contribution in [1.82, 2.24) is 10.6 Å². The number of carbonyl (C=O) groups excluding carboxylic acids is 1. The number of benzene rings is 1. The number of ether oxygens (including phenoxy) is 3. The lowest BCUT2D eigenvalue weighted by Gasteiger charge is -2.36. The maximum Gasteiger partial charge on any atom is 0.252 e. The van der Waals surface area contributed by atoms with Crippen LogP contribution >= 0.6 is 15.9 Å². The van der Waals surface area contributed by atoms with Gasteiger partial charge in [0.1, 0.15) is 18.8 Å². The summed E-state index contributed by atoms with van der Waals surface area (Å²) in [5.74, 6) is 1.37. The van der Waals surface area contributed by atoms with Crippen molar-refractivity contribution in [2.75, 3.05) is 33.4 Å². The van der Waals surface area contributed by atoms with Crippen LogP contribution in [0.4, 0.5) is 0 Å². The lowest BCUT2D eigenvalue weighted by Crippen LogP contribution is -2.54. The lowest BCUT2D eigenvalue weighted by molar-refractivity contribution is -0.147. The van der Waals surface area contributed by atoms with Gasteiger partial charge in [0, 0.05) is 11.6 Å². The third-order valence-corrected chi connectivity index (χ3v) is 5.38. The van der Waals surface area contributed by atoms with Crippen molar-refractivity contribution >= 4 is 21.8 Å². The van der Waals surface area contributed by atoms with Gasteiger partial charge in [0.05, 0.1) is 6.04 Å². The summed E-state index contributed by atoms with van der Waals surface area (Å²) in [6.07, 6.45) is 1.34. The Balaban J connectivity index is 1.76. The van der Waals surface area contributed by atoms with Crippen LogP contribution in [-0.2, 0) is 9.53 Å². The van der Waals surface area contributed by atoms with Crippen LogP contribution in [0.3, 0.4) is 0 Å². The van der Waals surface area contributed by atoms with E-state index in [0.29, 0.717) is 31.8 Å². The molecule has 0 bridgehead atoms. The van der Waals surface area contributed by atoms with E-state index in [1.807, 2.05) is 19.1 Å². The van der Waals surface area contributed by atoms with E-state index in [9.17, 15) is 4.79 Å². The van der Waals surface area contributed by atoms with Crippen molar-refractivity contribution in [3.05, 3.63) is 22.2 Å². The Hall–Kier alpha value is -1.31. The number of nitrogens with one attached hydrogen (secondary N) is 2. The molecular weight excluding hydrogens is 376 g/mol. The molecule has 7 heteroatoms. The van der Waals surface area contributed by atoms with Crippen LogP contribution < -0.4 is 20.1 Å². The Morgan fingerprint density at radius 1 is 1.29 bits per heavy atom. The van der Waals surface area contributed by atoms with Gasteiger partial charge in [-0.3, -0.25) is 4.79 Å². The van der Waals surface area contributed by atoms with Gasteiger partial charge in [0.25, 0.3) is 5.91 Å². The molecule has 1 aromatic rings. The molecule has 132 valence electrons. The minimum absolute atomic E-state index is 0.0687. The number of hydrogen-bond donors (Lipinski definition) is 2. The van der Waals surface area contributed by atoms with Gasteiger partial charge in [-0.2, -0.15) is 0 Å². The van der Waals surface area contributed by atoms with Crippen LogP contribution in [0.2, 0.25) is 0 Å². The number of rotatable bonds is 4. The van der Waals surface area contributed by atoms with E-state index in [1.54, 1.807) is 7.11 Å². The summed E-state index contributed by atoms with van der Waals surface area (Å²) in [5.41, 5.74) is 0.201. The standard InChI is InChI=1S/C17H23BrN2O4/c1-11(20-16(21)17(22-2)3-5-19-6-4-17)12-9-14-15(10-13(12)18)24-8-7-23-14/h9-11,19H,3-8H2,1-2H3,(H,20,21). The van der Waals surface area contributed by atoms with E-state index in [0.717, 1.165) is 28.9 Å². The van der Waals surface area contributed by atoms with E-state index >= 15 is 0 Å². The molecule has 1 atom stereocenters. The highest BCUT2D eigenvalue weighted by Gasteiger charge is 2.40. The van der Waals surface area contributed by atoms with Crippen LogP contribution in [0.25, 0.3) is 0 Å². The fourth-order valence-corrected chi connectivity index (χ4v) is 3.84. The molecule has 1 amide bonds. The summed E-state index contributed by atoms with van der Waals surface area (Å²) in [6.45, 7) is 4.61. The zero-order valence-corrected chi connectivity index (χ0v) is 15.6. The normalized spacial score (nSPS) is 20.3. The van der Waals surface area contributed by atoms with Gasteiger partial charge in [0.2, 0.25) is 0 Å². The zero-order chi connectivity index (χ0) is 17.2. The van der Waals surface area contributed by atoms with Crippen LogP contribution in [0.1, 0.15) is 31.4 Å². The first-order valence-corrected chi connectivity index (χ1v) is 9.01. The molecular formula is C17H23BrN2O4. The molecule has 1 saturated heterocycles. The first-order chi connectivity index (χ1) is 11.6. The predicted molar refractivity (Wildman–Crippen MR) is 93.5 cm³/mol. The summed E-state index contributed by atoms with van der Waals surface area (Å²) in [6, 6.07) is 3.64. The summed E-state index contributed by atoms with van der Waals surface area (Å²) in [7, 11) is 1.61. The van der Waals surface area contributed by atoms with E-state index in [2.05, 4.69) is 26.6 Å². The molecule has 2 aliphatic heterocycles. The van der Waals surface area contributed by atoms with Gasteiger partial charge in [-0.1, -0.05) is 15.9 Å². The Labute approximate surface area is 150 Å². The molecule has 0 radical (unpaired) electrons. The van der Waals surface area contributed by atoms with Gasteiger partial charge in [-0.15, -0.1) is 0 Å². The largest absolute Gasteiger partial charge is 0.486 e. The Kier molecular flexibility index (Phi) is 5.32. The van der Waals surface area contributed by atoms with Crippen molar-refractivity contribution < 1.29 is 19.0 Å². The molecule has 2 aliphatic rings. The third kappa shape index (κ3) is 3.38. The molecule has 1 fully saturated rings. The number of hydrogen-bond acceptors (Lipinski definition) is 5. The molecule has 0 aromatic heterocycles. The van der Waals surface area contributed by atoms with Gasteiger partial charge >= 0.3 is 0 Å². The quantitative estimate of drug-likeness (QED) is 0.813. The average Bonchev–Trinajstić information content (AvgIpc) is 2.61. The number of methoxy groups -OCH3 is 1. The second kappa shape index (κ2) is 7.29.